The second kappa shape index (κ2) is 13.4. The quantitative estimate of drug-likeness (QED) is 0.164. The molecule has 1 heterocycles. The summed E-state index contributed by atoms with van der Waals surface area (Å²) in [6.45, 7) is 0. The van der Waals surface area contributed by atoms with Crippen molar-refractivity contribution in [2.45, 2.75) is 0 Å². The van der Waals surface area contributed by atoms with E-state index in [-0.39, 0.29) is 11.3 Å². The average Bonchev–Trinajstić information content (AvgIpc) is 3.77. The van der Waals surface area contributed by atoms with Gasteiger partial charge in [-0.3, -0.25) is 0 Å². The van der Waals surface area contributed by atoms with E-state index in [0.717, 1.165) is 26.8 Å². The van der Waals surface area contributed by atoms with E-state index in [9.17, 15) is 11.0 Å². The van der Waals surface area contributed by atoms with E-state index in [2.05, 4.69) is 0 Å². The number of fused-ring (bicyclic) bond motifs is 5. The van der Waals surface area contributed by atoms with Crippen LogP contribution in [0.3, 0.4) is 0 Å². The van der Waals surface area contributed by atoms with Gasteiger partial charge in [0, 0.05) is 22.1 Å². The summed E-state index contributed by atoms with van der Waals surface area (Å²) in [7, 11) is 0. The minimum atomic E-state index is -0.883. The van der Waals surface area contributed by atoms with E-state index in [0.29, 0.717) is 27.5 Å². The fourth-order valence-electron chi connectivity index (χ4n) is 6.60. The molecule has 10 aromatic rings. The lowest BCUT2D eigenvalue weighted by Gasteiger charge is -2.26. The van der Waals surface area contributed by atoms with Crippen molar-refractivity contribution < 1.29 is 27.7 Å². The van der Waals surface area contributed by atoms with Crippen LogP contribution in [-0.4, -0.2) is 0 Å². The highest BCUT2D eigenvalue weighted by atomic mass is 16.3. The smallest absolute Gasteiger partial charge is 0.143 e. The number of nitrogens with zero attached hydrogens (tertiary/aromatic N) is 1. The molecule has 2 heteroatoms. The fraction of sp³-hybridized carbons (Fsp3) is 0. The molecule has 2 nitrogen and oxygen atoms in total. The lowest BCUT2D eigenvalue weighted by atomic mass is 9.98. The standard InChI is InChI=1S/C52H35NO/c1-3-11-36(12-4-1)38-21-23-39(24-22-38)40-25-30-45(31-26-40)53(46-32-27-41(28-33-46)44-17-9-16-43(35-44)37-13-5-2-6-14-37)49-19-10-20-50-51(49)48-34-29-42-15-7-8-18-47(42)52(48)54-50/h1-35H/i1D,3D,4D,11D,12D,21D,22D,23D,24D,25D,26D,27D,28D,30D,31D,32D,33D. The largest absolute Gasteiger partial charge is 0.455 e. The topological polar surface area (TPSA) is 16.4 Å². The third-order valence-corrected chi connectivity index (χ3v) is 9.16. The summed E-state index contributed by atoms with van der Waals surface area (Å²) >= 11 is 0. The van der Waals surface area contributed by atoms with Crippen LogP contribution in [0, 0.1) is 0 Å². The highest BCUT2D eigenvalue weighted by Gasteiger charge is 2.20. The lowest BCUT2D eigenvalue weighted by molar-refractivity contribution is 0.672. The van der Waals surface area contributed by atoms with Gasteiger partial charge in [0.1, 0.15) is 11.2 Å². The van der Waals surface area contributed by atoms with Crippen LogP contribution in [0.15, 0.2) is 216 Å². The van der Waals surface area contributed by atoms with Crippen molar-refractivity contribution in [3.63, 3.8) is 0 Å². The normalized spacial score (nSPS) is 15.7. The molecule has 0 saturated heterocycles. The first-order valence-corrected chi connectivity index (χ1v) is 17.0. The van der Waals surface area contributed by atoms with Gasteiger partial charge in [-0.2, -0.15) is 0 Å². The predicted molar refractivity (Wildman–Crippen MR) is 228 cm³/mol. The maximum Gasteiger partial charge on any atom is 0.143 e. The zero-order valence-electron chi connectivity index (χ0n) is 45.2. The van der Waals surface area contributed by atoms with E-state index >= 15 is 0 Å². The van der Waals surface area contributed by atoms with Crippen LogP contribution in [0.5, 0.6) is 0 Å². The van der Waals surface area contributed by atoms with Gasteiger partial charge in [0.2, 0.25) is 0 Å². The van der Waals surface area contributed by atoms with Crippen LogP contribution in [0.4, 0.5) is 17.1 Å². The molecule has 9 aromatic carbocycles. The molecule has 0 saturated carbocycles. The van der Waals surface area contributed by atoms with Crippen LogP contribution in [0.25, 0.3) is 77.2 Å². The molecule has 0 spiro atoms. The zero-order chi connectivity index (χ0) is 50.6. The molecule has 54 heavy (non-hydrogen) atoms. The first-order chi connectivity index (χ1) is 33.9. The number of hydrogen-bond donors (Lipinski definition) is 0. The van der Waals surface area contributed by atoms with Crippen LogP contribution in [0.1, 0.15) is 23.3 Å². The van der Waals surface area contributed by atoms with Crippen LogP contribution in [-0.2, 0) is 0 Å². The Morgan fingerprint density at radius 2 is 0.926 bits per heavy atom. The summed E-state index contributed by atoms with van der Waals surface area (Å²) in [5, 5.41) is 2.51. The van der Waals surface area contributed by atoms with Crippen LogP contribution < -0.4 is 4.90 Å². The Morgan fingerprint density at radius 3 is 1.61 bits per heavy atom. The highest BCUT2D eigenvalue weighted by Crippen LogP contribution is 2.45. The second-order valence-corrected chi connectivity index (χ2v) is 12.4. The minimum absolute atomic E-state index is 0.0368. The predicted octanol–water partition coefficient (Wildman–Crippen LogP) is 14.9. The number of anilines is 3. The van der Waals surface area contributed by atoms with E-state index < -0.39 is 136 Å². The third-order valence-electron chi connectivity index (χ3n) is 9.16. The maximum atomic E-state index is 9.68. The number of benzene rings is 9. The summed E-state index contributed by atoms with van der Waals surface area (Å²) in [6, 6.07) is 19.6. The van der Waals surface area contributed by atoms with Gasteiger partial charge < -0.3 is 9.32 Å². The van der Waals surface area contributed by atoms with E-state index in [1.165, 1.54) is 0 Å². The molecule has 1 aromatic heterocycles. The molecule has 0 bridgehead atoms. The minimum Gasteiger partial charge on any atom is -0.455 e. The van der Waals surface area contributed by atoms with Crippen LogP contribution >= 0.6 is 0 Å². The monoisotopic (exact) mass is 706 g/mol. The van der Waals surface area contributed by atoms with Gasteiger partial charge in [-0.15, -0.1) is 0 Å². The third kappa shape index (κ3) is 5.71. The van der Waals surface area contributed by atoms with E-state index in [1.54, 1.807) is 42.5 Å². The fourth-order valence-corrected chi connectivity index (χ4v) is 6.60. The molecular weight excluding hydrogens is 655 g/mol. The highest BCUT2D eigenvalue weighted by molar-refractivity contribution is 6.19. The first kappa shape index (κ1) is 18.6. The molecule has 254 valence electrons. The zero-order valence-corrected chi connectivity index (χ0v) is 28.2. The summed E-state index contributed by atoms with van der Waals surface area (Å²) in [5.74, 6) is 0. The molecule has 0 unspecified atom stereocenters. The molecule has 0 radical (unpaired) electrons. The van der Waals surface area contributed by atoms with Gasteiger partial charge >= 0.3 is 0 Å². The lowest BCUT2D eigenvalue weighted by Crippen LogP contribution is -2.10. The number of hydrogen-bond acceptors (Lipinski definition) is 2. The Balaban J connectivity index is 1.26. The Morgan fingerprint density at radius 1 is 0.389 bits per heavy atom. The Labute approximate surface area is 338 Å². The molecule has 10 rings (SSSR count). The van der Waals surface area contributed by atoms with Crippen molar-refractivity contribution in [3.05, 3.63) is 212 Å². The van der Waals surface area contributed by atoms with Gasteiger partial charge in [0.25, 0.3) is 0 Å². The molecule has 0 atom stereocenters. The van der Waals surface area contributed by atoms with Crippen molar-refractivity contribution in [3.8, 4) is 44.5 Å². The van der Waals surface area contributed by atoms with E-state index in [1.807, 2.05) is 66.7 Å². The summed E-state index contributed by atoms with van der Waals surface area (Å²) in [5.41, 5.74) is -0.752. The first-order valence-electron chi connectivity index (χ1n) is 25.5. The molecule has 0 aliphatic carbocycles. The van der Waals surface area contributed by atoms with Gasteiger partial charge in [-0.25, -0.2) is 0 Å². The Kier molecular flexibility index (Phi) is 4.61. The van der Waals surface area contributed by atoms with Crippen molar-refractivity contribution in [1.82, 2.24) is 0 Å². The summed E-state index contributed by atoms with van der Waals surface area (Å²) in [6.07, 6.45) is 0. The Hall–Kier alpha value is -7.16. The average molecular weight is 707 g/mol. The summed E-state index contributed by atoms with van der Waals surface area (Å²) < 4.78 is 161. The van der Waals surface area contributed by atoms with Crippen molar-refractivity contribution in [2.24, 2.45) is 0 Å². The number of rotatable bonds is 7. The molecular formula is C52H35NO. The Bertz CT molecular complexity index is 3810. The van der Waals surface area contributed by atoms with Gasteiger partial charge in [-0.1, -0.05) is 163 Å². The van der Waals surface area contributed by atoms with Crippen LogP contribution in [0.2, 0.25) is 0 Å². The molecule has 0 N–H and O–H groups in total. The molecule has 0 fully saturated rings. The van der Waals surface area contributed by atoms with Gasteiger partial charge in [-0.05, 0) is 98.3 Å². The van der Waals surface area contributed by atoms with Crippen molar-refractivity contribution >= 4 is 49.8 Å². The summed E-state index contributed by atoms with van der Waals surface area (Å²) in [4.78, 5) is 1.14. The molecule has 0 aliphatic rings. The van der Waals surface area contributed by atoms with E-state index in [4.69, 9.17) is 16.8 Å². The molecule has 0 aliphatic heterocycles. The van der Waals surface area contributed by atoms with Crippen molar-refractivity contribution in [1.29, 1.82) is 0 Å². The second-order valence-electron chi connectivity index (χ2n) is 12.4. The van der Waals surface area contributed by atoms with Crippen molar-refractivity contribution in [2.75, 3.05) is 4.90 Å². The SMILES string of the molecule is [2H]c1c([2H])c([2H])c(-c2c([2H])c([2H])c(-c3c([2H])c([2H])c(N(c4c([2H])c([2H])c(-c5cccc(-c6ccccc6)c5)c([2H])c4[2H])c4cccc5oc6c7ccccc7ccc6c45)c([2H])c3[2H])c([2H])c2[2H])c([2H])c1[2H]. The maximum absolute atomic E-state index is 9.68. The van der Waals surface area contributed by atoms with Gasteiger partial charge in [0.15, 0.2) is 0 Å². The molecule has 0 amide bonds. The number of furan rings is 1. The van der Waals surface area contributed by atoms with Gasteiger partial charge in [0.05, 0.1) is 34.4 Å².